The number of fused-ring (bicyclic) bond motifs is 1. The zero-order valence-corrected chi connectivity index (χ0v) is 9.26. The van der Waals surface area contributed by atoms with Crippen molar-refractivity contribution in [3.8, 4) is 5.82 Å². The second kappa shape index (κ2) is 3.69. The first-order chi connectivity index (χ1) is 8.25. The van der Waals surface area contributed by atoms with E-state index in [4.69, 9.17) is 5.73 Å². The Hall–Kier alpha value is -2.17. The van der Waals surface area contributed by atoms with Gasteiger partial charge in [-0.15, -0.1) is 0 Å². The van der Waals surface area contributed by atoms with Crippen LogP contribution in [-0.2, 0) is 12.8 Å². The number of carbonyl (C=O) groups excluding carboxylic acids is 1. The van der Waals surface area contributed by atoms with Crippen molar-refractivity contribution >= 4 is 5.91 Å². The molecule has 2 N–H and O–H groups in total. The summed E-state index contributed by atoms with van der Waals surface area (Å²) in [6.07, 6.45) is 8.07. The van der Waals surface area contributed by atoms with Crippen LogP contribution in [0.25, 0.3) is 5.82 Å². The van der Waals surface area contributed by atoms with Gasteiger partial charge in [-0.2, -0.15) is 0 Å². The summed E-state index contributed by atoms with van der Waals surface area (Å²) >= 11 is 0. The second-order valence-corrected chi connectivity index (χ2v) is 4.15. The molecule has 17 heavy (non-hydrogen) atoms. The van der Waals surface area contributed by atoms with E-state index in [0.29, 0.717) is 11.4 Å². The van der Waals surface area contributed by atoms with Crippen LogP contribution in [0.15, 0.2) is 24.8 Å². The lowest BCUT2D eigenvalue weighted by Crippen LogP contribution is -2.16. The Bertz CT molecular complexity index is 574. The van der Waals surface area contributed by atoms with Gasteiger partial charge in [0, 0.05) is 18.1 Å². The molecule has 0 atom stereocenters. The van der Waals surface area contributed by atoms with Gasteiger partial charge in [-0.1, -0.05) is 0 Å². The molecule has 0 radical (unpaired) electrons. The Morgan fingerprint density at radius 2 is 2.29 bits per heavy atom. The third kappa shape index (κ3) is 1.60. The monoisotopic (exact) mass is 228 g/mol. The number of nitrogens with zero attached hydrogens (tertiary/aromatic N) is 3. The molecular formula is C12H12N4O. The molecule has 0 fully saturated rings. The number of amides is 1. The maximum Gasteiger partial charge on any atom is 0.252 e. The van der Waals surface area contributed by atoms with E-state index in [1.165, 1.54) is 0 Å². The van der Waals surface area contributed by atoms with E-state index in [2.05, 4.69) is 9.97 Å². The van der Waals surface area contributed by atoms with Crippen LogP contribution in [0.3, 0.4) is 0 Å². The molecule has 0 unspecified atom stereocenters. The SMILES string of the molecule is NC(=O)c1cc2c(nc1-n1ccnc1)CCC2. The Morgan fingerprint density at radius 3 is 3.00 bits per heavy atom. The summed E-state index contributed by atoms with van der Waals surface area (Å²) in [6, 6.07) is 1.87. The van der Waals surface area contributed by atoms with Gasteiger partial charge >= 0.3 is 0 Å². The van der Waals surface area contributed by atoms with Gasteiger partial charge in [0.25, 0.3) is 5.91 Å². The first kappa shape index (κ1) is 10.0. The number of hydrogen-bond donors (Lipinski definition) is 1. The molecule has 3 rings (SSSR count). The Kier molecular flexibility index (Phi) is 2.18. The highest BCUT2D eigenvalue weighted by molar-refractivity contribution is 5.96. The van der Waals surface area contributed by atoms with Gasteiger partial charge in [-0.3, -0.25) is 9.36 Å². The lowest BCUT2D eigenvalue weighted by Gasteiger charge is -2.09. The van der Waals surface area contributed by atoms with Gasteiger partial charge in [0.05, 0.1) is 5.56 Å². The number of hydrogen-bond acceptors (Lipinski definition) is 3. The number of aryl methyl sites for hydroxylation is 2. The predicted octanol–water partition coefficient (Wildman–Crippen LogP) is 0.855. The van der Waals surface area contributed by atoms with Crippen LogP contribution in [0.2, 0.25) is 0 Å². The van der Waals surface area contributed by atoms with Crippen LogP contribution in [0.1, 0.15) is 28.0 Å². The van der Waals surface area contributed by atoms with Crippen LogP contribution < -0.4 is 5.73 Å². The molecule has 0 aromatic carbocycles. The summed E-state index contributed by atoms with van der Waals surface area (Å²) in [5.74, 6) is 0.131. The van der Waals surface area contributed by atoms with Gasteiger partial charge < -0.3 is 5.73 Å². The number of rotatable bonds is 2. The maximum atomic E-state index is 11.5. The normalized spacial score (nSPS) is 13.6. The Balaban J connectivity index is 2.22. The molecule has 1 aliphatic rings. The molecule has 1 amide bonds. The van der Waals surface area contributed by atoms with Crippen molar-refractivity contribution in [2.24, 2.45) is 5.73 Å². The zero-order chi connectivity index (χ0) is 11.8. The molecule has 2 heterocycles. The quantitative estimate of drug-likeness (QED) is 0.828. The van der Waals surface area contributed by atoms with Crippen molar-refractivity contribution in [3.63, 3.8) is 0 Å². The van der Waals surface area contributed by atoms with Crippen molar-refractivity contribution < 1.29 is 4.79 Å². The molecule has 0 saturated heterocycles. The molecule has 1 aliphatic carbocycles. The van der Waals surface area contributed by atoms with Crippen LogP contribution in [0.4, 0.5) is 0 Å². The summed E-state index contributed by atoms with van der Waals surface area (Å²) in [5.41, 5.74) is 8.07. The summed E-state index contributed by atoms with van der Waals surface area (Å²) < 4.78 is 1.72. The molecule has 5 heteroatoms. The molecule has 2 aromatic rings. The first-order valence-electron chi connectivity index (χ1n) is 5.56. The molecular weight excluding hydrogens is 216 g/mol. The average molecular weight is 228 g/mol. The fourth-order valence-electron chi connectivity index (χ4n) is 2.22. The number of pyridine rings is 1. The van der Waals surface area contributed by atoms with Gasteiger partial charge in [-0.25, -0.2) is 9.97 Å². The average Bonchev–Trinajstić information content (AvgIpc) is 2.98. The van der Waals surface area contributed by atoms with Crippen molar-refractivity contribution in [3.05, 3.63) is 41.6 Å². The Morgan fingerprint density at radius 1 is 1.41 bits per heavy atom. The minimum Gasteiger partial charge on any atom is -0.365 e. The summed E-state index contributed by atoms with van der Waals surface area (Å²) in [5, 5.41) is 0. The van der Waals surface area contributed by atoms with E-state index in [1.54, 1.807) is 23.3 Å². The molecule has 0 saturated carbocycles. The molecule has 2 aromatic heterocycles. The summed E-state index contributed by atoms with van der Waals surface area (Å²) in [4.78, 5) is 20.0. The van der Waals surface area contributed by atoms with E-state index < -0.39 is 5.91 Å². The predicted molar refractivity (Wildman–Crippen MR) is 61.9 cm³/mol. The second-order valence-electron chi connectivity index (χ2n) is 4.15. The summed E-state index contributed by atoms with van der Waals surface area (Å²) in [6.45, 7) is 0. The molecule has 5 nitrogen and oxygen atoms in total. The van der Waals surface area contributed by atoms with Crippen LogP contribution in [-0.4, -0.2) is 20.4 Å². The summed E-state index contributed by atoms with van der Waals surface area (Å²) in [7, 11) is 0. The number of nitrogens with two attached hydrogens (primary N) is 1. The van der Waals surface area contributed by atoms with Gasteiger partial charge in [-0.05, 0) is 30.9 Å². The molecule has 86 valence electrons. The number of primary amides is 1. The first-order valence-corrected chi connectivity index (χ1v) is 5.56. The van der Waals surface area contributed by atoms with Crippen LogP contribution in [0, 0.1) is 0 Å². The van der Waals surface area contributed by atoms with E-state index >= 15 is 0 Å². The van der Waals surface area contributed by atoms with Crippen molar-refractivity contribution in [1.82, 2.24) is 14.5 Å². The van der Waals surface area contributed by atoms with Gasteiger partial charge in [0.2, 0.25) is 0 Å². The maximum absolute atomic E-state index is 11.5. The largest absolute Gasteiger partial charge is 0.365 e. The highest BCUT2D eigenvalue weighted by Crippen LogP contribution is 2.24. The zero-order valence-electron chi connectivity index (χ0n) is 9.26. The lowest BCUT2D eigenvalue weighted by molar-refractivity contribution is 0.1000. The third-order valence-corrected chi connectivity index (χ3v) is 3.05. The van der Waals surface area contributed by atoms with Gasteiger partial charge in [0.15, 0.2) is 5.82 Å². The molecule has 0 aliphatic heterocycles. The van der Waals surface area contributed by atoms with Crippen LogP contribution >= 0.6 is 0 Å². The number of aromatic nitrogens is 3. The van der Waals surface area contributed by atoms with E-state index in [1.807, 2.05) is 6.07 Å². The van der Waals surface area contributed by atoms with E-state index in [0.717, 1.165) is 30.5 Å². The number of carbonyl (C=O) groups is 1. The highest BCUT2D eigenvalue weighted by Gasteiger charge is 2.19. The van der Waals surface area contributed by atoms with E-state index in [-0.39, 0.29) is 0 Å². The van der Waals surface area contributed by atoms with Crippen molar-refractivity contribution in [2.75, 3.05) is 0 Å². The molecule has 0 spiro atoms. The number of imidazole rings is 1. The third-order valence-electron chi connectivity index (χ3n) is 3.05. The smallest absolute Gasteiger partial charge is 0.252 e. The van der Waals surface area contributed by atoms with Crippen molar-refractivity contribution in [2.45, 2.75) is 19.3 Å². The minimum atomic E-state index is -0.448. The van der Waals surface area contributed by atoms with Gasteiger partial charge in [0.1, 0.15) is 6.33 Å². The molecule has 0 bridgehead atoms. The lowest BCUT2D eigenvalue weighted by atomic mass is 10.1. The van der Waals surface area contributed by atoms with E-state index in [9.17, 15) is 4.79 Å². The standard InChI is InChI=1S/C12H12N4O/c13-11(17)9-6-8-2-1-3-10(8)15-12(9)16-5-4-14-7-16/h4-7H,1-3H2,(H2,13,17). The fourth-order valence-corrected chi connectivity index (χ4v) is 2.22. The van der Waals surface area contributed by atoms with Crippen LogP contribution in [0.5, 0.6) is 0 Å². The fraction of sp³-hybridized carbons (Fsp3) is 0.250. The topological polar surface area (TPSA) is 73.8 Å². The minimum absolute atomic E-state index is 0.448. The Labute approximate surface area is 98.3 Å². The van der Waals surface area contributed by atoms with Crippen molar-refractivity contribution in [1.29, 1.82) is 0 Å². The highest BCUT2D eigenvalue weighted by atomic mass is 16.1.